The largest absolute Gasteiger partial charge is 0.325 e. The molecule has 0 saturated carbocycles. The summed E-state index contributed by atoms with van der Waals surface area (Å²) >= 11 is 0.763. The smallest absolute Gasteiger partial charge is 0.294 e. The maximum atomic E-state index is 12.4. The molecule has 0 bridgehead atoms. The molecule has 3 amide bonds. The highest BCUT2D eigenvalue weighted by Crippen LogP contribution is 2.30. The van der Waals surface area contributed by atoms with Crippen LogP contribution in [0.1, 0.15) is 5.56 Å². The van der Waals surface area contributed by atoms with Crippen LogP contribution in [0, 0.1) is 10.1 Å². The Morgan fingerprint density at radius 2 is 1.79 bits per heavy atom. The first-order valence-corrected chi connectivity index (χ1v) is 9.27. The van der Waals surface area contributed by atoms with Gasteiger partial charge in [-0.3, -0.25) is 29.4 Å². The van der Waals surface area contributed by atoms with Crippen LogP contribution in [0.3, 0.4) is 0 Å². The number of non-ortho nitro benzene ring substituents is 1. The van der Waals surface area contributed by atoms with E-state index in [2.05, 4.69) is 5.32 Å². The van der Waals surface area contributed by atoms with Gasteiger partial charge in [0.2, 0.25) is 5.91 Å². The molecular formula is C20H15N3O5S. The molecule has 29 heavy (non-hydrogen) atoms. The van der Waals surface area contributed by atoms with Crippen molar-refractivity contribution >= 4 is 46.3 Å². The van der Waals surface area contributed by atoms with Crippen LogP contribution in [-0.2, 0) is 9.59 Å². The zero-order valence-electron chi connectivity index (χ0n) is 15.0. The van der Waals surface area contributed by atoms with E-state index in [4.69, 9.17) is 0 Å². The second-order valence-electron chi connectivity index (χ2n) is 5.91. The Morgan fingerprint density at radius 1 is 1.10 bits per heavy atom. The number of carbonyl (C=O) groups is 3. The van der Waals surface area contributed by atoms with Gasteiger partial charge in [0.05, 0.1) is 9.83 Å². The van der Waals surface area contributed by atoms with E-state index in [1.807, 2.05) is 30.3 Å². The van der Waals surface area contributed by atoms with Gasteiger partial charge in [-0.1, -0.05) is 42.5 Å². The molecule has 1 saturated heterocycles. The van der Waals surface area contributed by atoms with E-state index in [0.29, 0.717) is 5.69 Å². The van der Waals surface area contributed by atoms with Gasteiger partial charge in [0.1, 0.15) is 6.54 Å². The van der Waals surface area contributed by atoms with Crippen molar-refractivity contribution in [3.8, 4) is 0 Å². The highest BCUT2D eigenvalue weighted by atomic mass is 32.2. The van der Waals surface area contributed by atoms with Crippen molar-refractivity contribution in [1.29, 1.82) is 0 Å². The molecule has 0 aromatic heterocycles. The van der Waals surface area contributed by atoms with Gasteiger partial charge in [0.15, 0.2) is 0 Å². The maximum Gasteiger partial charge on any atom is 0.294 e. The van der Waals surface area contributed by atoms with Gasteiger partial charge in [0, 0.05) is 17.8 Å². The van der Waals surface area contributed by atoms with E-state index in [0.717, 1.165) is 22.2 Å². The molecule has 1 aliphatic heterocycles. The molecule has 0 atom stereocenters. The molecule has 1 N–H and O–H groups in total. The summed E-state index contributed by atoms with van der Waals surface area (Å²) in [6.07, 6.45) is 5.00. The number of nitrogens with one attached hydrogen (secondary N) is 1. The van der Waals surface area contributed by atoms with Crippen molar-refractivity contribution in [2.24, 2.45) is 0 Å². The van der Waals surface area contributed by atoms with Crippen molar-refractivity contribution in [2.75, 3.05) is 11.9 Å². The Bertz CT molecular complexity index is 1020. The molecule has 2 aromatic carbocycles. The highest BCUT2D eigenvalue weighted by Gasteiger charge is 2.35. The summed E-state index contributed by atoms with van der Waals surface area (Å²) in [5.74, 6) is -1.13. The first-order chi connectivity index (χ1) is 13.9. The van der Waals surface area contributed by atoms with Crippen LogP contribution < -0.4 is 5.32 Å². The molecule has 8 nitrogen and oxygen atoms in total. The maximum absolute atomic E-state index is 12.4. The van der Waals surface area contributed by atoms with Crippen LogP contribution in [0.2, 0.25) is 0 Å². The second kappa shape index (κ2) is 8.98. The minimum Gasteiger partial charge on any atom is -0.325 e. The Kier molecular flexibility index (Phi) is 6.20. The monoisotopic (exact) mass is 409 g/mol. The molecule has 146 valence electrons. The number of nitrogens with zero attached hydrogens (tertiary/aromatic N) is 2. The van der Waals surface area contributed by atoms with Crippen LogP contribution >= 0.6 is 11.8 Å². The summed E-state index contributed by atoms with van der Waals surface area (Å²) < 4.78 is 0. The SMILES string of the molecule is O=C(CN1C(=O)S/C(=C\C=C\c2ccccc2)C1=O)Nc1ccc([N+](=O)[O-])cc1. The number of benzene rings is 2. The quantitative estimate of drug-likeness (QED) is 0.441. The number of anilines is 1. The number of nitro benzene ring substituents is 1. The number of rotatable bonds is 6. The molecule has 9 heteroatoms. The minimum atomic E-state index is -0.581. The molecule has 0 unspecified atom stereocenters. The molecule has 0 spiro atoms. The number of nitro groups is 1. The Hall–Kier alpha value is -3.72. The summed E-state index contributed by atoms with van der Waals surface area (Å²) in [7, 11) is 0. The lowest BCUT2D eigenvalue weighted by Gasteiger charge is -2.12. The van der Waals surface area contributed by atoms with Gasteiger partial charge in [-0.25, -0.2) is 0 Å². The summed E-state index contributed by atoms with van der Waals surface area (Å²) in [6, 6.07) is 14.7. The Morgan fingerprint density at radius 3 is 2.45 bits per heavy atom. The first-order valence-electron chi connectivity index (χ1n) is 8.45. The molecule has 1 heterocycles. The van der Waals surface area contributed by atoms with Crippen molar-refractivity contribution in [3.63, 3.8) is 0 Å². The van der Waals surface area contributed by atoms with E-state index < -0.39 is 28.5 Å². The predicted molar refractivity (Wildman–Crippen MR) is 110 cm³/mol. The molecule has 1 aliphatic rings. The summed E-state index contributed by atoms with van der Waals surface area (Å²) in [6.45, 7) is -0.443. The van der Waals surface area contributed by atoms with E-state index in [9.17, 15) is 24.5 Å². The van der Waals surface area contributed by atoms with E-state index >= 15 is 0 Å². The number of hydrogen-bond donors (Lipinski definition) is 1. The highest BCUT2D eigenvalue weighted by molar-refractivity contribution is 8.18. The zero-order valence-corrected chi connectivity index (χ0v) is 15.8. The normalized spacial score (nSPS) is 15.3. The van der Waals surface area contributed by atoms with Crippen molar-refractivity contribution in [3.05, 3.63) is 87.3 Å². The van der Waals surface area contributed by atoms with Crippen LogP contribution in [0.25, 0.3) is 6.08 Å². The summed E-state index contributed by atoms with van der Waals surface area (Å²) in [5.41, 5.74) is 1.17. The van der Waals surface area contributed by atoms with Crippen LogP contribution in [0.15, 0.2) is 71.7 Å². The van der Waals surface area contributed by atoms with Gasteiger partial charge >= 0.3 is 0 Å². The first kappa shape index (κ1) is 20.0. The van der Waals surface area contributed by atoms with Crippen molar-refractivity contribution < 1.29 is 19.3 Å². The third kappa shape index (κ3) is 5.17. The Labute approximate surface area is 170 Å². The van der Waals surface area contributed by atoms with Gasteiger partial charge < -0.3 is 5.32 Å². The Balaban J connectivity index is 1.60. The number of hydrogen-bond acceptors (Lipinski definition) is 6. The molecule has 1 fully saturated rings. The molecule has 3 rings (SSSR count). The third-order valence-corrected chi connectivity index (χ3v) is 4.80. The zero-order chi connectivity index (χ0) is 20.8. The van der Waals surface area contributed by atoms with Gasteiger partial charge in [-0.05, 0) is 35.5 Å². The van der Waals surface area contributed by atoms with Crippen LogP contribution in [0.4, 0.5) is 16.2 Å². The lowest BCUT2D eigenvalue weighted by atomic mass is 10.2. The second-order valence-corrected chi connectivity index (χ2v) is 6.91. The van der Waals surface area contributed by atoms with Gasteiger partial charge in [-0.15, -0.1) is 0 Å². The number of allylic oxidation sites excluding steroid dienone is 2. The van der Waals surface area contributed by atoms with Crippen LogP contribution in [0.5, 0.6) is 0 Å². The summed E-state index contributed by atoms with van der Waals surface area (Å²) in [4.78, 5) is 47.8. The molecule has 2 aromatic rings. The lowest BCUT2D eigenvalue weighted by molar-refractivity contribution is -0.384. The van der Waals surface area contributed by atoms with Crippen molar-refractivity contribution in [2.45, 2.75) is 0 Å². The average molecular weight is 409 g/mol. The standard InChI is InChI=1S/C20H15N3O5S/c24-18(21-15-9-11-16(12-10-15)23(27)28)13-22-19(25)17(29-20(22)26)8-4-7-14-5-2-1-3-6-14/h1-12H,13H2,(H,21,24)/b7-4+,17-8-. The van der Waals surface area contributed by atoms with E-state index in [1.165, 1.54) is 30.3 Å². The lowest BCUT2D eigenvalue weighted by Crippen LogP contribution is -2.36. The number of imide groups is 1. The fraction of sp³-hybridized carbons (Fsp3) is 0.0500. The topological polar surface area (TPSA) is 110 Å². The fourth-order valence-corrected chi connectivity index (χ4v) is 3.26. The average Bonchev–Trinajstić information content (AvgIpc) is 2.97. The minimum absolute atomic E-state index is 0.109. The van der Waals surface area contributed by atoms with Crippen molar-refractivity contribution in [1.82, 2.24) is 4.90 Å². The fourth-order valence-electron chi connectivity index (χ4n) is 2.47. The van der Waals surface area contributed by atoms with Gasteiger partial charge in [0.25, 0.3) is 16.8 Å². The number of thioether (sulfide) groups is 1. The number of amides is 3. The summed E-state index contributed by atoms with van der Waals surface area (Å²) in [5, 5.41) is 12.6. The third-order valence-electron chi connectivity index (χ3n) is 3.87. The molecular weight excluding hydrogens is 394 g/mol. The predicted octanol–water partition coefficient (Wildman–Crippen LogP) is 3.83. The molecule has 0 aliphatic carbocycles. The van der Waals surface area contributed by atoms with E-state index in [1.54, 1.807) is 12.2 Å². The van der Waals surface area contributed by atoms with Gasteiger partial charge in [-0.2, -0.15) is 0 Å². The van der Waals surface area contributed by atoms with Crippen LogP contribution in [-0.4, -0.2) is 33.4 Å². The number of carbonyl (C=O) groups excluding carboxylic acids is 3. The molecule has 0 radical (unpaired) electrons. The van der Waals surface area contributed by atoms with E-state index in [-0.39, 0.29) is 10.6 Å².